The van der Waals surface area contributed by atoms with Gasteiger partial charge in [-0.15, -0.1) is 6.58 Å². The Morgan fingerprint density at radius 1 is 0.427 bits per heavy atom. The summed E-state index contributed by atoms with van der Waals surface area (Å²) in [7, 11) is -9.58. The minimum Gasteiger partial charge on any atom is -0.497 e. The molecule has 36 heteroatoms. The van der Waals surface area contributed by atoms with Crippen LogP contribution in [-0.2, 0) is 78.6 Å². The summed E-state index contributed by atoms with van der Waals surface area (Å²) in [6.45, 7) is 21.2. The largest absolute Gasteiger partial charge is 0.497 e. The lowest BCUT2D eigenvalue weighted by molar-refractivity contribution is -0.119. The Kier molecular flexibility index (Phi) is 28.9. The fourth-order valence-electron chi connectivity index (χ4n) is 16.9. The van der Waals surface area contributed by atoms with E-state index in [4.69, 9.17) is 42.6 Å². The van der Waals surface area contributed by atoms with E-state index in [2.05, 4.69) is 38.4 Å². The molecule has 10 heterocycles. The molecule has 0 unspecified atom stereocenters. The van der Waals surface area contributed by atoms with Crippen LogP contribution in [0.2, 0.25) is 0 Å². The molecule has 0 radical (unpaired) electrons. The predicted molar refractivity (Wildman–Crippen MR) is 436 cm³/mol. The zero-order chi connectivity index (χ0) is 83.7. The number of sulfonamides is 5. The number of likely N-dealkylation sites (tertiary alicyclic amines) is 4. The molecule has 1 saturated carbocycles. The molecule has 5 aromatic rings. The van der Waals surface area contributed by atoms with Gasteiger partial charge in [0.05, 0.1) is 79.3 Å². The van der Waals surface area contributed by atoms with Crippen LogP contribution in [0.4, 0.5) is 0 Å². The molecular weight excluding hydrogens is 1610 g/mol. The number of nitrogens with zero attached hydrogens (tertiary/aromatic N) is 9. The molecule has 0 bridgehead atoms. The third-order valence-electron chi connectivity index (χ3n) is 24.1. The Labute approximate surface area is 690 Å². The molecule has 5 aromatic carbocycles. The fraction of sp³-hybridized carbons (Fsp3) is 0.580. The monoisotopic (exact) mass is 1720 g/mol. The van der Waals surface area contributed by atoms with Crippen molar-refractivity contribution in [2.45, 2.75) is 144 Å². The molecule has 5 spiro atoms. The Bertz CT molecular complexity index is 4780. The summed E-state index contributed by atoms with van der Waals surface area (Å²) >= 11 is 0. The second-order valence-electron chi connectivity index (χ2n) is 31.1. The maximum atomic E-state index is 13.2. The average Bonchev–Trinajstić information content (AvgIpc) is 1.66. The van der Waals surface area contributed by atoms with Gasteiger partial charge in [0.25, 0.3) is 0 Å². The number of carbonyl (C=O) groups excluding carboxylic acids is 2. The first kappa shape index (κ1) is 89.6. The second kappa shape index (κ2) is 37.8. The van der Waals surface area contributed by atoms with E-state index in [1.165, 1.54) is 48.3 Å². The van der Waals surface area contributed by atoms with E-state index in [9.17, 15) is 51.7 Å². The highest BCUT2D eigenvalue weighted by molar-refractivity contribution is 7.90. The van der Waals surface area contributed by atoms with Gasteiger partial charge in [-0.3, -0.25) is 14.5 Å². The summed E-state index contributed by atoms with van der Waals surface area (Å²) in [5.41, 5.74) is -2.98. The number of methoxy groups -OCH3 is 4. The lowest BCUT2D eigenvalue weighted by atomic mass is 10.0. The molecule has 11 fully saturated rings. The van der Waals surface area contributed by atoms with Crippen LogP contribution in [0.3, 0.4) is 0 Å². The molecule has 0 aromatic heterocycles. The van der Waals surface area contributed by atoms with Crippen molar-refractivity contribution in [1.29, 1.82) is 0 Å². The maximum absolute atomic E-state index is 13.2. The highest BCUT2D eigenvalue weighted by Gasteiger charge is 2.55. The van der Waals surface area contributed by atoms with Crippen molar-refractivity contribution in [2.24, 2.45) is 5.92 Å². The number of Topliss-reactive ketones (excluding diaryl/α,β-unsaturated/α-hetero) is 1. The van der Waals surface area contributed by atoms with Gasteiger partial charge in [0.15, 0.2) is 5.78 Å². The number of piperidine rings is 5. The highest BCUT2D eigenvalue weighted by atomic mass is 32.2. The molecule has 11 aliphatic rings. The summed E-state index contributed by atoms with van der Waals surface area (Å²) in [4.78, 5) is 33.2. The van der Waals surface area contributed by atoms with Crippen LogP contribution in [-0.4, -0.2) is 303 Å². The van der Waals surface area contributed by atoms with Crippen molar-refractivity contribution in [1.82, 2.24) is 46.4 Å². The predicted octanol–water partition coefficient (Wildman–Crippen LogP) is 6.79. The number of ketones is 1. The standard InChI is InChI=1S/C18H26N2O4S.C17H24N2O4S.C16H24N2O4S.C15H18N2O5S.C15H22N2O4S/c1-23-16-4-6-17(7-5-16)25(21,22)20-12-13-24-18(20)8-10-19(11-9-18)14-15-2-3-15;1-3-10-18-11-8-17(9-12-18)19(13-14-23-17)24(20,21)16-6-4-15(22-2)5-7-16;1-3-17-10-8-16(9-11-17)18(12-13-22-16)23(19,20)15-6-4-14(21-2)5-7-15;1-11(18)12-2-4-13(5-3-12)23(20,21)17-8-6-15(7-9-17)16-14(19)10-22-15;1-16-9-7-15(8-10-16)17(11-12-21-15)22(18,19)14-5-3-13(20-2)4-6-14/h4-7,15H,2-3,8-14H2,1H3;3-7H,1,8-14H2,2H3;4-7H,3,8-13H2,1-2H3;2-5H,6-10H2,1H3,(H,16,19);3-6H,7-12H2,1-2H3. The number of hydrogen-bond donors (Lipinski definition) is 1. The van der Waals surface area contributed by atoms with E-state index in [-0.39, 0.29) is 46.1 Å². The first-order valence-electron chi connectivity index (χ1n) is 40.1. The van der Waals surface area contributed by atoms with Crippen LogP contribution in [0.15, 0.2) is 158 Å². The Morgan fingerprint density at radius 3 is 1.03 bits per heavy atom. The lowest BCUT2D eigenvalue weighted by Crippen LogP contribution is -2.55. The number of hydrogen-bond acceptors (Lipinski definition) is 25. The van der Waals surface area contributed by atoms with Crippen LogP contribution in [0.5, 0.6) is 23.0 Å². The van der Waals surface area contributed by atoms with Gasteiger partial charge >= 0.3 is 0 Å². The van der Waals surface area contributed by atoms with Gasteiger partial charge in [-0.2, -0.15) is 21.5 Å². The number of carbonyl (C=O) groups is 2. The quantitative estimate of drug-likeness (QED) is 0.0618. The Morgan fingerprint density at radius 2 is 0.735 bits per heavy atom. The van der Waals surface area contributed by atoms with Crippen molar-refractivity contribution in [2.75, 3.05) is 180 Å². The van der Waals surface area contributed by atoms with E-state index >= 15 is 0 Å². The van der Waals surface area contributed by atoms with Crippen LogP contribution >= 0.6 is 0 Å². The van der Waals surface area contributed by atoms with Crippen LogP contribution in [0.25, 0.3) is 0 Å². The molecule has 117 heavy (non-hydrogen) atoms. The van der Waals surface area contributed by atoms with Crippen LogP contribution in [0, 0.1) is 5.92 Å². The summed E-state index contributed by atoms with van der Waals surface area (Å²) in [5.74, 6) is 3.17. The molecule has 10 aliphatic heterocycles. The summed E-state index contributed by atoms with van der Waals surface area (Å²) < 4.78 is 187. The number of rotatable bonds is 20. The van der Waals surface area contributed by atoms with Crippen molar-refractivity contribution < 1.29 is 94.3 Å². The summed E-state index contributed by atoms with van der Waals surface area (Å²) in [6.07, 6.45) is 11.1. The zero-order valence-electron chi connectivity index (χ0n) is 68.1. The average molecular weight is 1720 g/mol. The number of amides is 1. The maximum Gasteiger partial charge on any atom is 0.248 e. The second-order valence-corrected chi connectivity index (χ2v) is 40.5. The van der Waals surface area contributed by atoms with Crippen molar-refractivity contribution in [3.63, 3.8) is 0 Å². The SMILES string of the molecule is C=CCN1CCC2(CC1)OCCN2S(=O)(=O)c1ccc(OC)cc1.CC(=O)c1ccc(S(=O)(=O)N2CCC3(CC2)NC(=O)CO3)cc1.CCN1CCC2(CC1)OCCN2S(=O)(=O)c1ccc(OC)cc1.COc1ccc(S(=O)(=O)N2CCOC23CCN(C)CC3)cc1.COc1ccc(S(=O)(=O)N2CCOC23CCN(CC2CC2)CC3)cc1. The first-order chi connectivity index (χ1) is 55.9. The van der Waals surface area contributed by atoms with E-state index in [0.29, 0.717) is 129 Å². The van der Waals surface area contributed by atoms with Gasteiger partial charge in [-0.1, -0.05) is 25.1 Å². The number of nitrogens with one attached hydrogen (secondary N) is 1. The number of ether oxygens (including phenoxy) is 9. The van der Waals surface area contributed by atoms with Gasteiger partial charge in [0.2, 0.25) is 56.0 Å². The van der Waals surface area contributed by atoms with E-state index in [1.807, 2.05) is 13.1 Å². The molecule has 10 saturated heterocycles. The van der Waals surface area contributed by atoms with Gasteiger partial charge in [-0.25, -0.2) is 42.1 Å². The topological polar surface area (TPSA) is 329 Å². The van der Waals surface area contributed by atoms with E-state index in [1.54, 1.807) is 143 Å². The number of benzene rings is 5. The third kappa shape index (κ3) is 20.1. The molecule has 1 N–H and O–H groups in total. The first-order valence-corrected chi connectivity index (χ1v) is 47.3. The van der Waals surface area contributed by atoms with Crippen molar-refractivity contribution in [3.8, 4) is 23.0 Å². The van der Waals surface area contributed by atoms with Gasteiger partial charge in [0.1, 0.15) is 58.2 Å². The summed E-state index contributed by atoms with van der Waals surface area (Å²) in [6, 6.07) is 32.1. The van der Waals surface area contributed by atoms with Gasteiger partial charge in [0, 0.05) is 174 Å². The summed E-state index contributed by atoms with van der Waals surface area (Å²) in [5, 5.41) is 2.78. The zero-order valence-corrected chi connectivity index (χ0v) is 72.2. The van der Waals surface area contributed by atoms with E-state index in [0.717, 1.165) is 104 Å². The smallest absolute Gasteiger partial charge is 0.248 e. The molecule has 1 aliphatic carbocycles. The third-order valence-corrected chi connectivity index (χ3v) is 33.8. The lowest BCUT2D eigenvalue weighted by Gasteiger charge is -2.43. The highest BCUT2D eigenvalue weighted by Crippen LogP contribution is 2.44. The van der Waals surface area contributed by atoms with Gasteiger partial charge < -0.3 is 62.6 Å². The van der Waals surface area contributed by atoms with Crippen LogP contribution in [0.1, 0.15) is 101 Å². The Balaban J connectivity index is 0.000000135. The molecule has 0 atom stereocenters. The molecule has 1 amide bonds. The van der Waals surface area contributed by atoms with Crippen LogP contribution < -0.4 is 24.3 Å². The normalized spacial score (nSPS) is 22.7. The molecule has 31 nitrogen and oxygen atoms in total. The molecule has 644 valence electrons. The van der Waals surface area contributed by atoms with E-state index < -0.39 is 78.7 Å². The minimum absolute atomic E-state index is 0.0270. The Hall–Kier alpha value is -6.63. The van der Waals surface area contributed by atoms with Crippen molar-refractivity contribution in [3.05, 3.63) is 140 Å². The molecule has 16 rings (SSSR count). The van der Waals surface area contributed by atoms with Gasteiger partial charge in [-0.05, 0) is 148 Å². The fourth-order valence-corrected chi connectivity index (χ4v) is 25.2. The van der Waals surface area contributed by atoms with Crippen molar-refractivity contribution >= 4 is 61.8 Å². The minimum atomic E-state index is -3.61. The molecular formula is C81H114N10O21S5.